The minimum Gasteiger partial charge on any atom is -0.477 e. The minimum atomic E-state index is -4.27. The quantitative estimate of drug-likeness (QED) is 0.901. The fourth-order valence-corrected chi connectivity index (χ4v) is 3.69. The molecule has 0 amide bonds. The first-order valence-corrected chi connectivity index (χ1v) is 7.88. The van der Waals surface area contributed by atoms with Gasteiger partial charge in [0.25, 0.3) is 10.0 Å². The van der Waals surface area contributed by atoms with Crippen molar-refractivity contribution in [1.82, 2.24) is 0 Å². The predicted molar refractivity (Wildman–Crippen MR) is 73.2 cm³/mol. The molecule has 0 saturated carbocycles. The van der Waals surface area contributed by atoms with Crippen molar-refractivity contribution in [2.45, 2.75) is 11.8 Å². The van der Waals surface area contributed by atoms with Gasteiger partial charge in [0.05, 0.1) is 4.90 Å². The molecule has 0 fully saturated rings. The summed E-state index contributed by atoms with van der Waals surface area (Å²) in [6.07, 6.45) is 0. The average Bonchev–Trinajstić information content (AvgIpc) is 2.90. The molecule has 0 atom stereocenters. The summed E-state index contributed by atoms with van der Waals surface area (Å²) < 4.78 is 53.2. The second-order valence-electron chi connectivity index (χ2n) is 4.11. The predicted octanol–water partition coefficient (Wildman–Crippen LogP) is 2.83. The van der Waals surface area contributed by atoms with Gasteiger partial charge in [-0.15, -0.1) is 11.3 Å². The van der Waals surface area contributed by atoms with Crippen molar-refractivity contribution in [3.05, 3.63) is 45.7 Å². The number of benzene rings is 1. The van der Waals surface area contributed by atoms with E-state index in [1.807, 2.05) is 0 Å². The summed E-state index contributed by atoms with van der Waals surface area (Å²) in [4.78, 5) is 10.2. The van der Waals surface area contributed by atoms with Gasteiger partial charge >= 0.3 is 5.97 Å². The van der Waals surface area contributed by atoms with Crippen LogP contribution in [0.25, 0.3) is 0 Å². The Labute approximate surface area is 122 Å². The third-order valence-corrected chi connectivity index (χ3v) is 5.01. The summed E-state index contributed by atoms with van der Waals surface area (Å²) >= 11 is 0.700. The number of aryl methyl sites for hydroxylation is 1. The Balaban J connectivity index is 2.42. The maximum absolute atomic E-state index is 13.8. The number of sulfonamides is 1. The van der Waals surface area contributed by atoms with Crippen molar-refractivity contribution < 1.29 is 27.1 Å². The molecule has 1 heterocycles. The van der Waals surface area contributed by atoms with Crippen molar-refractivity contribution in [3.63, 3.8) is 0 Å². The van der Waals surface area contributed by atoms with Gasteiger partial charge in [-0.1, -0.05) is 6.07 Å². The number of halogens is 2. The second kappa shape index (κ2) is 5.41. The number of hydrogen-bond acceptors (Lipinski definition) is 4. The maximum Gasteiger partial charge on any atom is 0.345 e. The first-order valence-electron chi connectivity index (χ1n) is 5.51. The van der Waals surface area contributed by atoms with Crippen LogP contribution in [0.5, 0.6) is 0 Å². The lowest BCUT2D eigenvalue weighted by Gasteiger charge is -2.10. The zero-order chi connectivity index (χ0) is 15.8. The van der Waals surface area contributed by atoms with E-state index in [4.69, 9.17) is 5.11 Å². The van der Waals surface area contributed by atoms with Crippen molar-refractivity contribution in [3.8, 4) is 0 Å². The molecular formula is C12H9F2NO4S2. The highest BCUT2D eigenvalue weighted by Gasteiger charge is 2.22. The standard InChI is InChI=1S/C12H9F2NO4S2/c1-6-2-3-8(13)11(10(6)14)15-21(18,19)7-4-9(12(16)17)20-5-7/h2-5,15H,1H3,(H,16,17). The zero-order valence-electron chi connectivity index (χ0n) is 10.6. The summed E-state index contributed by atoms with van der Waals surface area (Å²) in [5.74, 6) is -3.36. The summed E-state index contributed by atoms with van der Waals surface area (Å²) in [6, 6.07) is 3.03. The maximum atomic E-state index is 13.8. The Morgan fingerprint density at radius 3 is 2.57 bits per heavy atom. The summed E-state index contributed by atoms with van der Waals surface area (Å²) in [5, 5.41) is 9.83. The number of rotatable bonds is 4. The van der Waals surface area contributed by atoms with E-state index < -0.39 is 33.3 Å². The first-order chi connectivity index (χ1) is 9.72. The fourth-order valence-electron chi connectivity index (χ4n) is 1.52. The molecule has 2 rings (SSSR count). The van der Waals surface area contributed by atoms with E-state index in [1.165, 1.54) is 13.0 Å². The molecule has 1 aromatic carbocycles. The van der Waals surface area contributed by atoms with E-state index in [2.05, 4.69) is 0 Å². The monoisotopic (exact) mass is 333 g/mol. The number of carboxylic acids is 1. The Morgan fingerprint density at radius 2 is 2.00 bits per heavy atom. The summed E-state index contributed by atoms with van der Waals surface area (Å²) in [6.45, 7) is 1.36. The minimum absolute atomic E-state index is 0.0747. The van der Waals surface area contributed by atoms with Crippen LogP contribution in [0.2, 0.25) is 0 Å². The van der Waals surface area contributed by atoms with Crippen LogP contribution in [0.4, 0.5) is 14.5 Å². The molecule has 5 nitrogen and oxygen atoms in total. The lowest BCUT2D eigenvalue weighted by molar-refractivity contribution is 0.0702. The molecule has 0 spiro atoms. The highest BCUT2D eigenvalue weighted by Crippen LogP contribution is 2.26. The van der Waals surface area contributed by atoms with Gasteiger partial charge in [0.1, 0.15) is 16.4 Å². The van der Waals surface area contributed by atoms with Crippen molar-refractivity contribution in [1.29, 1.82) is 0 Å². The smallest absolute Gasteiger partial charge is 0.345 e. The Bertz CT molecular complexity index is 815. The van der Waals surface area contributed by atoms with Gasteiger partial charge in [0.15, 0.2) is 5.82 Å². The van der Waals surface area contributed by atoms with E-state index in [9.17, 15) is 22.0 Å². The van der Waals surface area contributed by atoms with Gasteiger partial charge in [0.2, 0.25) is 0 Å². The molecule has 2 N–H and O–H groups in total. The van der Waals surface area contributed by atoms with Crippen LogP contribution in [0, 0.1) is 18.6 Å². The zero-order valence-corrected chi connectivity index (χ0v) is 12.2. The molecule has 2 aromatic rings. The fraction of sp³-hybridized carbons (Fsp3) is 0.0833. The highest BCUT2D eigenvalue weighted by atomic mass is 32.2. The number of thiophene rings is 1. The van der Waals surface area contributed by atoms with Crippen LogP contribution in [0.3, 0.4) is 0 Å². The van der Waals surface area contributed by atoms with Crippen LogP contribution >= 0.6 is 11.3 Å². The summed E-state index contributed by atoms with van der Waals surface area (Å²) in [5.41, 5.74) is -0.719. The number of anilines is 1. The molecule has 0 unspecified atom stereocenters. The third-order valence-electron chi connectivity index (χ3n) is 2.62. The van der Waals surface area contributed by atoms with Crippen LogP contribution in [-0.2, 0) is 10.0 Å². The van der Waals surface area contributed by atoms with Gasteiger partial charge in [-0.2, -0.15) is 0 Å². The average molecular weight is 333 g/mol. The van der Waals surface area contributed by atoms with Crippen molar-refractivity contribution >= 4 is 33.0 Å². The van der Waals surface area contributed by atoms with E-state index in [0.29, 0.717) is 11.3 Å². The lowest BCUT2D eigenvalue weighted by atomic mass is 10.2. The van der Waals surface area contributed by atoms with Crippen LogP contribution < -0.4 is 4.72 Å². The van der Waals surface area contributed by atoms with Crippen LogP contribution in [0.1, 0.15) is 15.2 Å². The largest absolute Gasteiger partial charge is 0.477 e. The van der Waals surface area contributed by atoms with Crippen LogP contribution in [0.15, 0.2) is 28.5 Å². The molecule has 112 valence electrons. The molecule has 21 heavy (non-hydrogen) atoms. The number of carbonyl (C=O) groups is 1. The topological polar surface area (TPSA) is 83.5 Å². The highest BCUT2D eigenvalue weighted by molar-refractivity contribution is 7.92. The molecule has 9 heteroatoms. The van der Waals surface area contributed by atoms with E-state index in [1.54, 1.807) is 4.72 Å². The van der Waals surface area contributed by atoms with Gasteiger partial charge in [-0.05, 0) is 24.6 Å². The van der Waals surface area contributed by atoms with Gasteiger partial charge in [-0.25, -0.2) is 22.0 Å². The SMILES string of the molecule is Cc1ccc(F)c(NS(=O)(=O)c2csc(C(=O)O)c2)c1F. The van der Waals surface area contributed by atoms with E-state index in [-0.39, 0.29) is 15.3 Å². The number of hydrogen-bond donors (Lipinski definition) is 2. The molecule has 0 aliphatic heterocycles. The van der Waals surface area contributed by atoms with Gasteiger partial charge in [-0.3, -0.25) is 4.72 Å². The second-order valence-corrected chi connectivity index (χ2v) is 6.70. The summed E-state index contributed by atoms with van der Waals surface area (Å²) in [7, 11) is -4.27. The van der Waals surface area contributed by atoms with E-state index in [0.717, 1.165) is 17.5 Å². The molecule has 0 aliphatic rings. The molecule has 0 aliphatic carbocycles. The normalized spacial score (nSPS) is 11.4. The molecule has 0 bridgehead atoms. The number of carboxylic acid groups (broad SMARTS) is 1. The Morgan fingerprint density at radius 1 is 1.33 bits per heavy atom. The van der Waals surface area contributed by atoms with Gasteiger partial charge in [0, 0.05) is 5.38 Å². The van der Waals surface area contributed by atoms with Crippen molar-refractivity contribution in [2.75, 3.05) is 4.72 Å². The van der Waals surface area contributed by atoms with Crippen molar-refractivity contribution in [2.24, 2.45) is 0 Å². The molecular weight excluding hydrogens is 324 g/mol. The Hall–Kier alpha value is -2.00. The van der Waals surface area contributed by atoms with Crippen LogP contribution in [-0.4, -0.2) is 19.5 Å². The van der Waals surface area contributed by atoms with E-state index >= 15 is 0 Å². The molecule has 0 radical (unpaired) electrons. The Kier molecular flexibility index (Phi) is 3.97. The molecule has 0 saturated heterocycles. The molecule has 1 aromatic heterocycles. The first kappa shape index (κ1) is 15.4. The lowest BCUT2D eigenvalue weighted by Crippen LogP contribution is -2.15. The third kappa shape index (κ3) is 3.03. The van der Waals surface area contributed by atoms with Gasteiger partial charge < -0.3 is 5.11 Å². The number of nitrogens with one attached hydrogen (secondary N) is 1. The number of aromatic carboxylic acids is 1.